The van der Waals surface area contributed by atoms with Crippen molar-refractivity contribution in [2.75, 3.05) is 31.1 Å². The van der Waals surface area contributed by atoms with E-state index in [9.17, 15) is 18.0 Å². The van der Waals surface area contributed by atoms with Crippen molar-refractivity contribution in [2.24, 2.45) is 10.7 Å². The van der Waals surface area contributed by atoms with Crippen LogP contribution in [-0.4, -0.2) is 59.6 Å². The molecular weight excluding hydrogens is 563 g/mol. The lowest BCUT2D eigenvalue weighted by atomic mass is 10.2. The Morgan fingerprint density at radius 3 is 2.38 bits per heavy atom. The number of amides is 1. The molecule has 1 amide bonds. The fraction of sp³-hybridized carbons (Fsp3) is 0.321. The number of hydrogen-bond acceptors (Lipinski definition) is 7. The number of nitrogens with two attached hydrogens (primary N) is 1. The number of rotatable bonds is 5. The molecule has 0 bridgehead atoms. The number of carbonyl (C=O) groups is 1. The molecule has 0 unspecified atom stereocenters. The monoisotopic (exact) mass is 591 g/mol. The van der Waals surface area contributed by atoms with Crippen LogP contribution in [0.2, 0.25) is 5.02 Å². The zero-order chi connectivity index (χ0) is 29.1. The predicted molar refractivity (Wildman–Crippen MR) is 154 cm³/mol. The number of aromatic nitrogens is 1. The maximum absolute atomic E-state index is 13.2. The van der Waals surface area contributed by atoms with Gasteiger partial charge in [0.25, 0.3) is 0 Å². The van der Waals surface area contributed by atoms with Crippen LogP contribution in [0.1, 0.15) is 25.6 Å². The number of allylic oxidation sites excluding steroid dienone is 2. The Hall–Kier alpha value is -3.57. The van der Waals surface area contributed by atoms with Crippen molar-refractivity contribution in [3.63, 3.8) is 0 Å². The van der Waals surface area contributed by atoms with Gasteiger partial charge in [-0.1, -0.05) is 23.7 Å². The molecule has 1 aliphatic heterocycles. The summed E-state index contributed by atoms with van der Waals surface area (Å²) < 4.78 is 45.1. The van der Waals surface area contributed by atoms with Gasteiger partial charge in [-0.25, -0.2) is 14.8 Å². The van der Waals surface area contributed by atoms with Crippen molar-refractivity contribution in [3.8, 4) is 10.4 Å². The van der Waals surface area contributed by atoms with Crippen LogP contribution in [0, 0.1) is 0 Å². The van der Waals surface area contributed by atoms with E-state index in [1.807, 2.05) is 32.9 Å². The molecule has 7 nitrogen and oxygen atoms in total. The van der Waals surface area contributed by atoms with Crippen molar-refractivity contribution < 1.29 is 22.7 Å². The average molecular weight is 592 g/mol. The summed E-state index contributed by atoms with van der Waals surface area (Å²) in [5.74, 6) is 0.770. The van der Waals surface area contributed by atoms with E-state index in [4.69, 9.17) is 22.1 Å². The first-order chi connectivity index (χ1) is 18.8. The molecule has 2 aromatic heterocycles. The van der Waals surface area contributed by atoms with Crippen LogP contribution >= 0.6 is 22.9 Å². The summed E-state index contributed by atoms with van der Waals surface area (Å²) in [6.45, 7) is 7.79. The number of alkyl halides is 3. The van der Waals surface area contributed by atoms with Crippen molar-refractivity contribution in [3.05, 3.63) is 76.4 Å². The number of carbonyl (C=O) groups excluding carboxylic acids is 1. The quantitative estimate of drug-likeness (QED) is 0.322. The molecule has 12 heteroatoms. The number of anilines is 1. The van der Waals surface area contributed by atoms with Gasteiger partial charge in [0.05, 0.1) is 21.3 Å². The molecule has 212 valence electrons. The van der Waals surface area contributed by atoms with Crippen molar-refractivity contribution >= 4 is 46.2 Å². The van der Waals surface area contributed by atoms with E-state index < -0.39 is 17.5 Å². The molecule has 0 radical (unpaired) electrons. The van der Waals surface area contributed by atoms with Crippen LogP contribution in [0.5, 0.6) is 0 Å². The summed E-state index contributed by atoms with van der Waals surface area (Å²) in [6, 6.07) is 13.9. The highest BCUT2D eigenvalue weighted by Gasteiger charge is 2.32. The summed E-state index contributed by atoms with van der Waals surface area (Å²) in [6.07, 6.45) is -2.49. The van der Waals surface area contributed by atoms with Gasteiger partial charge < -0.3 is 20.3 Å². The van der Waals surface area contributed by atoms with Crippen LogP contribution < -0.4 is 10.6 Å². The summed E-state index contributed by atoms with van der Waals surface area (Å²) in [5, 5.41) is 0.308. The Bertz CT molecular complexity index is 1410. The number of halogens is 4. The van der Waals surface area contributed by atoms with Gasteiger partial charge in [-0.05, 0) is 63.2 Å². The number of benzene rings is 1. The number of hydrogen-bond donors (Lipinski definition) is 1. The Morgan fingerprint density at radius 1 is 1.07 bits per heavy atom. The Labute approximate surface area is 239 Å². The van der Waals surface area contributed by atoms with E-state index in [2.05, 4.69) is 14.9 Å². The second kappa shape index (κ2) is 11.9. The second-order valence-electron chi connectivity index (χ2n) is 10.1. The number of piperazine rings is 1. The molecule has 2 N–H and O–H groups in total. The number of pyridine rings is 1. The third kappa shape index (κ3) is 7.54. The van der Waals surface area contributed by atoms with Crippen molar-refractivity contribution in [1.82, 2.24) is 9.88 Å². The number of ether oxygens (including phenoxy) is 1. The highest BCUT2D eigenvalue weighted by molar-refractivity contribution is 7.17. The minimum atomic E-state index is -4.69. The minimum absolute atomic E-state index is 0.0478. The van der Waals surface area contributed by atoms with Gasteiger partial charge in [0.15, 0.2) is 0 Å². The zero-order valence-electron chi connectivity index (χ0n) is 22.2. The lowest BCUT2D eigenvalue weighted by Gasteiger charge is -2.36. The number of thiophene rings is 1. The van der Waals surface area contributed by atoms with Crippen LogP contribution in [-0.2, 0) is 4.74 Å². The normalized spacial score (nSPS) is 15.4. The third-order valence-corrected chi connectivity index (χ3v) is 7.34. The molecule has 3 heterocycles. The van der Waals surface area contributed by atoms with Gasteiger partial charge in [-0.15, -0.1) is 11.3 Å². The number of nitrogens with zero attached hydrogens (tertiary/aromatic N) is 4. The van der Waals surface area contributed by atoms with Crippen molar-refractivity contribution in [2.45, 2.75) is 32.5 Å². The van der Waals surface area contributed by atoms with Crippen molar-refractivity contribution in [1.29, 1.82) is 0 Å². The molecule has 0 aliphatic carbocycles. The molecular formula is C28H29ClF3N5O2S. The average Bonchev–Trinajstić information content (AvgIpc) is 3.38. The molecule has 0 atom stereocenters. The molecule has 4 rings (SSSR count). The van der Waals surface area contributed by atoms with Crippen LogP contribution in [0.4, 0.5) is 29.5 Å². The minimum Gasteiger partial charge on any atom is -0.444 e. The van der Waals surface area contributed by atoms with E-state index in [1.54, 1.807) is 47.5 Å². The standard InChI is InChI=1S/C28H29ClF3N5O2S/c1-27(2,3)39-26(38)37-14-12-36(13-15-37)25-11-8-18(17-34-25)22-9-10-23(40-22)21(16-24(33)28(30,31)32)35-20-7-5-4-6-19(20)29/h4-11,16-17H,12-15,33H2,1-3H3. The van der Waals surface area contributed by atoms with Gasteiger partial charge in [0.1, 0.15) is 17.1 Å². The molecule has 3 aromatic rings. The van der Waals surface area contributed by atoms with E-state index in [0.717, 1.165) is 22.3 Å². The second-order valence-corrected chi connectivity index (χ2v) is 11.6. The Morgan fingerprint density at radius 2 is 1.77 bits per heavy atom. The molecule has 1 aromatic carbocycles. The molecule has 0 saturated carbocycles. The first kappa shape index (κ1) is 29.4. The third-order valence-electron chi connectivity index (χ3n) is 5.86. The molecule has 0 spiro atoms. The highest BCUT2D eigenvalue weighted by Crippen LogP contribution is 2.32. The van der Waals surface area contributed by atoms with Gasteiger partial charge in [-0.3, -0.25) is 0 Å². The number of aliphatic imine (C=N–C) groups is 1. The fourth-order valence-electron chi connectivity index (χ4n) is 3.85. The first-order valence-corrected chi connectivity index (χ1v) is 13.7. The Balaban J connectivity index is 1.51. The summed E-state index contributed by atoms with van der Waals surface area (Å²) in [4.78, 5) is 26.4. The van der Waals surface area contributed by atoms with E-state index in [0.29, 0.717) is 41.8 Å². The van der Waals surface area contributed by atoms with Gasteiger partial charge in [0, 0.05) is 42.8 Å². The molecule has 1 fully saturated rings. The summed E-state index contributed by atoms with van der Waals surface area (Å²) in [5.41, 5.74) is 4.70. The highest BCUT2D eigenvalue weighted by atomic mass is 35.5. The number of para-hydroxylation sites is 1. The largest absolute Gasteiger partial charge is 0.444 e. The van der Waals surface area contributed by atoms with Crippen LogP contribution in [0.15, 0.2) is 71.5 Å². The summed E-state index contributed by atoms with van der Waals surface area (Å²) in [7, 11) is 0. The lowest BCUT2D eigenvalue weighted by Crippen LogP contribution is -2.50. The molecule has 40 heavy (non-hydrogen) atoms. The zero-order valence-corrected chi connectivity index (χ0v) is 23.8. The van der Waals surface area contributed by atoms with Crippen LogP contribution in [0.25, 0.3) is 10.4 Å². The van der Waals surface area contributed by atoms with E-state index >= 15 is 0 Å². The maximum atomic E-state index is 13.2. The first-order valence-electron chi connectivity index (χ1n) is 12.5. The maximum Gasteiger partial charge on any atom is 0.430 e. The summed E-state index contributed by atoms with van der Waals surface area (Å²) >= 11 is 7.46. The lowest BCUT2D eigenvalue weighted by molar-refractivity contribution is -0.0925. The van der Waals surface area contributed by atoms with E-state index in [1.165, 1.54) is 11.3 Å². The predicted octanol–water partition coefficient (Wildman–Crippen LogP) is 7.05. The van der Waals surface area contributed by atoms with E-state index in [-0.39, 0.29) is 11.8 Å². The molecule has 1 saturated heterocycles. The molecule has 1 aliphatic rings. The van der Waals surface area contributed by atoms with Crippen LogP contribution in [0.3, 0.4) is 0 Å². The van der Waals surface area contributed by atoms with Gasteiger partial charge >= 0.3 is 12.3 Å². The smallest absolute Gasteiger partial charge is 0.430 e. The SMILES string of the molecule is CC(C)(C)OC(=O)N1CCN(c2ccc(-c3ccc(C(C=C(N)C(F)(F)F)=Nc4ccccc4Cl)s3)cn2)CC1. The topological polar surface area (TPSA) is 84.0 Å². The van der Waals surface area contributed by atoms with Gasteiger partial charge in [-0.2, -0.15) is 13.2 Å². The van der Waals surface area contributed by atoms with Gasteiger partial charge in [0.2, 0.25) is 0 Å². The fourth-order valence-corrected chi connectivity index (χ4v) is 4.99. The Kier molecular flexibility index (Phi) is 8.74.